The molecule has 0 radical (unpaired) electrons. The third-order valence-corrected chi connectivity index (χ3v) is 4.95. The number of pyridine rings is 1. The Morgan fingerprint density at radius 3 is 2.50 bits per heavy atom. The molecule has 1 aliphatic rings. The molecule has 2 aromatic heterocycles. The molecule has 1 aliphatic heterocycles. The second-order valence-electron chi connectivity index (χ2n) is 6.87. The molecule has 1 fully saturated rings. The van der Waals surface area contributed by atoms with E-state index in [1.165, 1.54) is 12.4 Å². The van der Waals surface area contributed by atoms with E-state index in [1.54, 1.807) is 4.90 Å². The molecule has 0 N–H and O–H groups in total. The fourth-order valence-corrected chi connectivity index (χ4v) is 3.03. The van der Waals surface area contributed by atoms with Gasteiger partial charge in [-0.1, -0.05) is 0 Å². The number of alkyl halides is 3. The molecule has 2 aromatic rings. The molecule has 28 heavy (non-hydrogen) atoms. The normalized spacial score (nSPS) is 15.5. The van der Waals surface area contributed by atoms with Crippen molar-refractivity contribution in [2.45, 2.75) is 32.9 Å². The average Bonchev–Trinajstić information content (AvgIpc) is 2.68. The number of halogens is 3. The summed E-state index contributed by atoms with van der Waals surface area (Å²) in [4.78, 5) is 25.7. The maximum atomic E-state index is 12.6. The van der Waals surface area contributed by atoms with Crippen molar-refractivity contribution in [3.8, 4) is 5.88 Å². The molecule has 0 aromatic carbocycles. The van der Waals surface area contributed by atoms with Gasteiger partial charge in [-0.25, -0.2) is 9.97 Å². The molecule has 150 valence electrons. The Labute approximate surface area is 160 Å². The van der Waals surface area contributed by atoms with E-state index in [0.717, 1.165) is 36.4 Å². The van der Waals surface area contributed by atoms with Crippen LogP contribution in [0.2, 0.25) is 0 Å². The van der Waals surface area contributed by atoms with Crippen LogP contribution in [0, 0.1) is 19.8 Å². The lowest BCUT2D eigenvalue weighted by Gasteiger charge is -2.32. The van der Waals surface area contributed by atoms with Gasteiger partial charge in [-0.2, -0.15) is 13.2 Å². The first-order valence-electron chi connectivity index (χ1n) is 8.99. The number of amides is 1. The summed E-state index contributed by atoms with van der Waals surface area (Å²) in [5, 5.41) is 0. The van der Waals surface area contributed by atoms with Crippen LogP contribution in [-0.4, -0.2) is 45.5 Å². The van der Waals surface area contributed by atoms with Gasteiger partial charge in [0, 0.05) is 30.5 Å². The van der Waals surface area contributed by atoms with Crippen LogP contribution in [0.4, 0.5) is 13.2 Å². The van der Waals surface area contributed by atoms with Crippen molar-refractivity contribution in [3.05, 3.63) is 47.2 Å². The Morgan fingerprint density at radius 2 is 1.89 bits per heavy atom. The minimum atomic E-state index is -4.51. The van der Waals surface area contributed by atoms with Gasteiger partial charge in [0.2, 0.25) is 5.88 Å². The molecule has 0 saturated carbocycles. The summed E-state index contributed by atoms with van der Waals surface area (Å²) in [6.45, 7) is 5.35. The third-order valence-electron chi connectivity index (χ3n) is 4.95. The van der Waals surface area contributed by atoms with Gasteiger partial charge in [-0.05, 0) is 44.7 Å². The maximum Gasteiger partial charge on any atom is 0.433 e. The Morgan fingerprint density at radius 1 is 1.18 bits per heavy atom. The van der Waals surface area contributed by atoms with Gasteiger partial charge in [-0.3, -0.25) is 9.78 Å². The van der Waals surface area contributed by atoms with Crippen molar-refractivity contribution >= 4 is 5.91 Å². The minimum Gasteiger partial charge on any atom is -0.477 e. The minimum absolute atomic E-state index is 0.162. The number of ether oxygens (including phenoxy) is 1. The lowest BCUT2D eigenvalue weighted by atomic mass is 9.97. The largest absolute Gasteiger partial charge is 0.477 e. The van der Waals surface area contributed by atoms with Crippen LogP contribution in [0.3, 0.4) is 0 Å². The number of carbonyl (C=O) groups is 1. The summed E-state index contributed by atoms with van der Waals surface area (Å²) in [5.74, 6) is 0.550. The van der Waals surface area contributed by atoms with Crippen LogP contribution in [0.5, 0.6) is 5.88 Å². The standard InChI is InChI=1S/C19H21F3N4O2/c1-12-13(2)24-11-25-17(12)28-10-14-5-7-26(8-6-14)18(27)15-3-4-16(23-9-15)19(20,21)22/h3-4,9,11,14H,5-8,10H2,1-2H3. The number of aryl methyl sites for hydroxylation is 1. The van der Waals surface area contributed by atoms with Crippen molar-refractivity contribution in [2.24, 2.45) is 5.92 Å². The molecule has 1 amide bonds. The van der Waals surface area contributed by atoms with Gasteiger partial charge in [0.15, 0.2) is 0 Å². The summed E-state index contributed by atoms with van der Waals surface area (Å²) >= 11 is 0. The lowest BCUT2D eigenvalue weighted by Crippen LogP contribution is -2.39. The van der Waals surface area contributed by atoms with E-state index in [4.69, 9.17) is 4.74 Å². The first-order valence-corrected chi connectivity index (χ1v) is 8.99. The Hall–Kier alpha value is -2.71. The first kappa shape index (κ1) is 20.0. The SMILES string of the molecule is Cc1ncnc(OCC2CCN(C(=O)c3ccc(C(F)(F)F)nc3)CC2)c1C. The molecule has 0 spiro atoms. The number of aromatic nitrogens is 3. The smallest absolute Gasteiger partial charge is 0.433 e. The monoisotopic (exact) mass is 394 g/mol. The van der Waals surface area contributed by atoms with Gasteiger partial charge >= 0.3 is 6.18 Å². The molecule has 0 bridgehead atoms. The van der Waals surface area contributed by atoms with Gasteiger partial charge in [0.05, 0.1) is 12.2 Å². The second kappa shape index (κ2) is 8.12. The number of carbonyl (C=O) groups excluding carboxylic acids is 1. The maximum absolute atomic E-state index is 12.6. The topological polar surface area (TPSA) is 68.2 Å². The van der Waals surface area contributed by atoms with E-state index in [9.17, 15) is 18.0 Å². The molecule has 3 rings (SSSR count). The van der Waals surface area contributed by atoms with Gasteiger partial charge in [-0.15, -0.1) is 0 Å². The van der Waals surface area contributed by atoms with Crippen molar-refractivity contribution in [1.82, 2.24) is 19.9 Å². The molecule has 9 heteroatoms. The molecule has 1 saturated heterocycles. The number of hydrogen-bond donors (Lipinski definition) is 0. The van der Waals surface area contributed by atoms with Crippen molar-refractivity contribution in [1.29, 1.82) is 0 Å². The van der Waals surface area contributed by atoms with Crippen LogP contribution in [-0.2, 0) is 6.18 Å². The van der Waals surface area contributed by atoms with Crippen LogP contribution in [0.25, 0.3) is 0 Å². The highest BCUT2D eigenvalue weighted by molar-refractivity contribution is 5.94. The summed E-state index contributed by atoms with van der Waals surface area (Å²) in [7, 11) is 0. The number of hydrogen-bond acceptors (Lipinski definition) is 5. The van der Waals surface area contributed by atoms with Gasteiger partial charge in [0.1, 0.15) is 12.0 Å². The predicted molar refractivity (Wildman–Crippen MR) is 94.9 cm³/mol. The number of rotatable bonds is 4. The Kier molecular flexibility index (Phi) is 5.81. The Bertz CT molecular complexity index is 832. The fourth-order valence-electron chi connectivity index (χ4n) is 3.03. The molecular weight excluding hydrogens is 373 g/mol. The van der Waals surface area contributed by atoms with Crippen LogP contribution >= 0.6 is 0 Å². The van der Waals surface area contributed by atoms with E-state index < -0.39 is 11.9 Å². The second-order valence-corrected chi connectivity index (χ2v) is 6.87. The molecule has 0 aliphatic carbocycles. The zero-order chi connectivity index (χ0) is 20.3. The van der Waals surface area contributed by atoms with E-state index in [-0.39, 0.29) is 17.4 Å². The van der Waals surface area contributed by atoms with Crippen LogP contribution in [0.1, 0.15) is 40.2 Å². The third kappa shape index (κ3) is 4.58. The predicted octanol–water partition coefficient (Wildman–Crippen LogP) is 3.44. The summed E-state index contributed by atoms with van der Waals surface area (Å²) in [5.41, 5.74) is 0.936. The Balaban J connectivity index is 1.52. The molecule has 3 heterocycles. The zero-order valence-corrected chi connectivity index (χ0v) is 15.7. The van der Waals surface area contributed by atoms with E-state index in [2.05, 4.69) is 15.0 Å². The molecule has 0 unspecified atom stereocenters. The lowest BCUT2D eigenvalue weighted by molar-refractivity contribution is -0.141. The highest BCUT2D eigenvalue weighted by atomic mass is 19.4. The van der Waals surface area contributed by atoms with E-state index in [1.807, 2.05) is 13.8 Å². The van der Waals surface area contributed by atoms with Crippen molar-refractivity contribution in [2.75, 3.05) is 19.7 Å². The van der Waals surface area contributed by atoms with E-state index in [0.29, 0.717) is 25.6 Å². The highest BCUT2D eigenvalue weighted by Gasteiger charge is 2.32. The molecular formula is C19H21F3N4O2. The van der Waals surface area contributed by atoms with Gasteiger partial charge in [0.25, 0.3) is 5.91 Å². The number of nitrogens with zero attached hydrogens (tertiary/aromatic N) is 4. The summed E-state index contributed by atoms with van der Waals surface area (Å²) in [6.07, 6.45) is -0.552. The fraction of sp³-hybridized carbons (Fsp3) is 0.474. The van der Waals surface area contributed by atoms with Crippen molar-refractivity contribution in [3.63, 3.8) is 0 Å². The number of piperidine rings is 1. The summed E-state index contributed by atoms with van der Waals surface area (Å²) in [6, 6.07) is 2.01. The highest BCUT2D eigenvalue weighted by Crippen LogP contribution is 2.27. The summed E-state index contributed by atoms with van der Waals surface area (Å²) < 4.78 is 43.6. The number of likely N-dealkylation sites (tertiary alicyclic amines) is 1. The average molecular weight is 394 g/mol. The van der Waals surface area contributed by atoms with E-state index >= 15 is 0 Å². The molecule has 6 nitrogen and oxygen atoms in total. The van der Waals surface area contributed by atoms with Crippen molar-refractivity contribution < 1.29 is 22.7 Å². The quantitative estimate of drug-likeness (QED) is 0.795. The molecule has 0 atom stereocenters. The van der Waals surface area contributed by atoms with Gasteiger partial charge < -0.3 is 9.64 Å². The van der Waals surface area contributed by atoms with Crippen LogP contribution in [0.15, 0.2) is 24.7 Å². The first-order chi connectivity index (χ1) is 13.3. The van der Waals surface area contributed by atoms with Crippen LogP contribution < -0.4 is 4.74 Å². The zero-order valence-electron chi connectivity index (χ0n) is 15.7.